The van der Waals surface area contributed by atoms with Crippen LogP contribution in [-0.4, -0.2) is 23.0 Å². The predicted octanol–water partition coefficient (Wildman–Crippen LogP) is 9.55. The number of para-hydroxylation sites is 2. The Morgan fingerprint density at radius 3 is 2.08 bits per heavy atom. The van der Waals surface area contributed by atoms with Crippen LogP contribution in [0.25, 0.3) is 11.1 Å². The van der Waals surface area contributed by atoms with E-state index in [2.05, 4.69) is 10.6 Å². The molecule has 6 rings (SSSR count). The van der Waals surface area contributed by atoms with Crippen molar-refractivity contribution in [1.82, 2.24) is 5.32 Å². The second-order valence-corrected chi connectivity index (χ2v) is 11.7. The van der Waals surface area contributed by atoms with Crippen LogP contribution in [0.1, 0.15) is 21.5 Å². The first-order valence-corrected chi connectivity index (χ1v) is 16.1. The number of anilines is 2. The van der Waals surface area contributed by atoms with Gasteiger partial charge in [0, 0.05) is 22.7 Å². The van der Waals surface area contributed by atoms with Crippen molar-refractivity contribution in [2.24, 2.45) is 0 Å². The molecule has 1 amide bonds. The molecule has 0 heterocycles. The molecule has 1 atom stereocenters. The van der Waals surface area contributed by atoms with E-state index in [0.29, 0.717) is 34.5 Å². The molecule has 0 aliphatic rings. The molecule has 3 N–H and O–H groups in total. The third-order valence-corrected chi connectivity index (χ3v) is 8.01. The summed E-state index contributed by atoms with van der Waals surface area (Å²) in [7, 11) is 0. The third kappa shape index (κ3) is 8.86. The molecule has 0 aromatic heterocycles. The monoisotopic (exact) mass is 668 g/mol. The Morgan fingerprint density at radius 1 is 0.694 bits per heavy atom. The number of hydrogen-bond donors (Lipinski definition) is 3. The number of carbonyl (C=O) groups excluding carboxylic acids is 1. The van der Waals surface area contributed by atoms with Crippen LogP contribution in [0, 0.1) is 0 Å². The van der Waals surface area contributed by atoms with Crippen LogP contribution in [0.3, 0.4) is 0 Å². The molecule has 7 nitrogen and oxygen atoms in total. The summed E-state index contributed by atoms with van der Waals surface area (Å²) in [6, 6.07) is 45.7. The van der Waals surface area contributed by atoms with Crippen molar-refractivity contribution in [3.05, 3.63) is 173 Å². The van der Waals surface area contributed by atoms with Gasteiger partial charge < -0.3 is 25.2 Å². The van der Waals surface area contributed by atoms with Crippen molar-refractivity contribution in [2.45, 2.75) is 19.1 Å². The number of hydrogen-bond acceptors (Lipinski definition) is 5. The molecular formula is C41H33ClN2O5. The quantitative estimate of drug-likeness (QED) is 0.113. The summed E-state index contributed by atoms with van der Waals surface area (Å²) < 4.78 is 12.0. The van der Waals surface area contributed by atoms with Gasteiger partial charge in [0.2, 0.25) is 0 Å². The summed E-state index contributed by atoms with van der Waals surface area (Å²) in [6.45, 7) is 0.446. The van der Waals surface area contributed by atoms with Crippen molar-refractivity contribution in [3.63, 3.8) is 0 Å². The Labute approximate surface area is 289 Å². The van der Waals surface area contributed by atoms with Gasteiger partial charge >= 0.3 is 5.97 Å². The van der Waals surface area contributed by atoms with Crippen LogP contribution < -0.4 is 20.1 Å². The summed E-state index contributed by atoms with van der Waals surface area (Å²) in [5.74, 6) is 0.415. The van der Waals surface area contributed by atoms with Crippen LogP contribution in [0.5, 0.6) is 17.2 Å². The van der Waals surface area contributed by atoms with Gasteiger partial charge in [0.05, 0.1) is 11.3 Å². The SMILES string of the molecule is O=C(N[C@@H](Cc1ccc(-c2ccccc2Oc2ccccc2)cc1)C(=O)O)c1cc(Cl)ccc1Nc1ccc(OCc2ccccc2)cc1. The lowest BCUT2D eigenvalue weighted by Gasteiger charge is -2.18. The lowest BCUT2D eigenvalue weighted by Crippen LogP contribution is -2.42. The maximum Gasteiger partial charge on any atom is 0.326 e. The van der Waals surface area contributed by atoms with Crippen LogP contribution >= 0.6 is 11.6 Å². The number of nitrogens with one attached hydrogen (secondary N) is 2. The van der Waals surface area contributed by atoms with E-state index in [4.69, 9.17) is 21.1 Å². The summed E-state index contributed by atoms with van der Waals surface area (Å²) in [5, 5.41) is 16.3. The van der Waals surface area contributed by atoms with Crippen LogP contribution in [-0.2, 0) is 17.8 Å². The Bertz CT molecular complexity index is 2020. The minimum Gasteiger partial charge on any atom is -0.489 e. The highest BCUT2D eigenvalue weighted by Gasteiger charge is 2.23. The molecular weight excluding hydrogens is 636 g/mol. The van der Waals surface area contributed by atoms with Gasteiger partial charge in [-0.1, -0.05) is 103 Å². The summed E-state index contributed by atoms with van der Waals surface area (Å²) in [6.07, 6.45) is 0.0806. The first-order valence-electron chi connectivity index (χ1n) is 15.7. The van der Waals surface area contributed by atoms with E-state index in [-0.39, 0.29) is 12.0 Å². The fourth-order valence-corrected chi connectivity index (χ4v) is 5.42. The molecule has 6 aromatic carbocycles. The fraction of sp³-hybridized carbons (Fsp3) is 0.0732. The molecule has 49 heavy (non-hydrogen) atoms. The van der Waals surface area contributed by atoms with Crippen molar-refractivity contribution in [2.75, 3.05) is 5.32 Å². The highest BCUT2D eigenvalue weighted by Crippen LogP contribution is 2.33. The number of rotatable bonds is 13. The highest BCUT2D eigenvalue weighted by molar-refractivity contribution is 6.31. The van der Waals surface area contributed by atoms with Crippen molar-refractivity contribution in [3.8, 4) is 28.4 Å². The maximum absolute atomic E-state index is 13.5. The molecule has 0 unspecified atom stereocenters. The Balaban J connectivity index is 1.12. The average molecular weight is 669 g/mol. The largest absolute Gasteiger partial charge is 0.489 e. The normalized spacial score (nSPS) is 11.3. The lowest BCUT2D eigenvalue weighted by molar-refractivity contribution is -0.139. The second kappa shape index (κ2) is 15.7. The minimum absolute atomic E-state index is 0.0806. The van der Waals surface area contributed by atoms with Gasteiger partial charge in [0.25, 0.3) is 5.91 Å². The van der Waals surface area contributed by atoms with Crippen molar-refractivity contribution < 1.29 is 24.2 Å². The molecule has 0 aliphatic carbocycles. The summed E-state index contributed by atoms with van der Waals surface area (Å²) >= 11 is 6.27. The van der Waals surface area contributed by atoms with E-state index in [9.17, 15) is 14.7 Å². The number of carbonyl (C=O) groups is 2. The van der Waals surface area contributed by atoms with E-state index < -0.39 is 17.9 Å². The van der Waals surface area contributed by atoms with Crippen LogP contribution in [0.2, 0.25) is 5.02 Å². The minimum atomic E-state index is -1.18. The van der Waals surface area contributed by atoms with Gasteiger partial charge in [-0.25, -0.2) is 4.79 Å². The summed E-state index contributed by atoms with van der Waals surface area (Å²) in [5.41, 5.74) is 5.03. The van der Waals surface area contributed by atoms with E-state index in [1.54, 1.807) is 12.1 Å². The number of benzene rings is 6. The zero-order chi connectivity index (χ0) is 34.0. The predicted molar refractivity (Wildman–Crippen MR) is 193 cm³/mol. The number of amides is 1. The molecule has 244 valence electrons. The van der Waals surface area contributed by atoms with E-state index in [0.717, 1.165) is 28.0 Å². The average Bonchev–Trinajstić information content (AvgIpc) is 3.13. The zero-order valence-electron chi connectivity index (χ0n) is 26.4. The van der Waals surface area contributed by atoms with Gasteiger partial charge in [-0.15, -0.1) is 0 Å². The lowest BCUT2D eigenvalue weighted by atomic mass is 9.99. The molecule has 0 fully saturated rings. The Hall–Kier alpha value is -6.05. The second-order valence-electron chi connectivity index (χ2n) is 11.3. The first-order chi connectivity index (χ1) is 23.9. The maximum atomic E-state index is 13.5. The number of carboxylic acid groups (broad SMARTS) is 1. The third-order valence-electron chi connectivity index (χ3n) is 7.77. The van der Waals surface area contributed by atoms with Gasteiger partial charge in [0.15, 0.2) is 0 Å². The molecule has 8 heteroatoms. The van der Waals surface area contributed by atoms with Gasteiger partial charge in [-0.3, -0.25) is 4.79 Å². The van der Waals surface area contributed by atoms with Gasteiger partial charge in [0.1, 0.15) is 29.9 Å². The van der Waals surface area contributed by atoms with Crippen LogP contribution in [0.4, 0.5) is 11.4 Å². The standard InChI is InChI=1S/C41H33ClN2O5/c42-31-19-24-37(43-32-20-22-33(23-21-32)48-27-29-9-3-1-4-10-29)36(26-31)40(45)44-38(41(46)47)25-28-15-17-30(18-16-28)35-13-7-8-14-39(35)49-34-11-5-2-6-12-34/h1-24,26,38,43H,25,27H2,(H,44,45)(H,46,47)/t38-/m0/s1. The topological polar surface area (TPSA) is 96.9 Å². The zero-order valence-corrected chi connectivity index (χ0v) is 27.1. The first kappa shape index (κ1) is 32.9. The van der Waals surface area contributed by atoms with Gasteiger partial charge in [-0.2, -0.15) is 0 Å². The van der Waals surface area contributed by atoms with E-state index in [1.807, 2.05) is 133 Å². The molecule has 0 aliphatic heterocycles. The molecule has 0 saturated carbocycles. The molecule has 0 saturated heterocycles. The highest BCUT2D eigenvalue weighted by atomic mass is 35.5. The van der Waals surface area contributed by atoms with Crippen LogP contribution in [0.15, 0.2) is 152 Å². The summed E-state index contributed by atoms with van der Waals surface area (Å²) in [4.78, 5) is 25.8. The van der Waals surface area contributed by atoms with Crippen molar-refractivity contribution >= 4 is 34.9 Å². The van der Waals surface area contributed by atoms with E-state index in [1.165, 1.54) is 6.07 Å². The van der Waals surface area contributed by atoms with Crippen molar-refractivity contribution in [1.29, 1.82) is 0 Å². The fourth-order valence-electron chi connectivity index (χ4n) is 5.25. The molecule has 6 aromatic rings. The Kier molecular flexibility index (Phi) is 10.5. The molecule has 0 radical (unpaired) electrons. The molecule has 0 spiro atoms. The number of aliphatic carboxylic acids is 1. The number of halogens is 1. The molecule has 0 bridgehead atoms. The van der Waals surface area contributed by atoms with E-state index >= 15 is 0 Å². The van der Waals surface area contributed by atoms with Gasteiger partial charge in [-0.05, 0) is 77.4 Å². The Morgan fingerprint density at radius 2 is 1.37 bits per heavy atom. The number of carboxylic acids is 1. The smallest absolute Gasteiger partial charge is 0.326 e. The number of ether oxygens (including phenoxy) is 2.